The molecule has 2 N–H and O–H groups in total. The lowest BCUT2D eigenvalue weighted by molar-refractivity contribution is 0.100. The molecule has 5 heteroatoms. The van der Waals surface area contributed by atoms with Gasteiger partial charge in [-0.3, -0.25) is 9.78 Å². The fourth-order valence-electron chi connectivity index (χ4n) is 2.48. The van der Waals surface area contributed by atoms with Crippen molar-refractivity contribution in [2.45, 2.75) is 13.5 Å². The van der Waals surface area contributed by atoms with Crippen LogP contribution in [-0.4, -0.2) is 15.5 Å². The first-order valence-electron chi connectivity index (χ1n) is 6.55. The number of amides is 1. The second-order valence-electron chi connectivity index (χ2n) is 4.99. The van der Waals surface area contributed by atoms with E-state index in [4.69, 9.17) is 17.3 Å². The average molecular weight is 300 g/mol. The number of carbonyl (C=O) groups is 1. The zero-order valence-corrected chi connectivity index (χ0v) is 12.3. The second kappa shape index (κ2) is 5.22. The summed E-state index contributed by atoms with van der Waals surface area (Å²) in [6.45, 7) is 2.63. The summed E-state index contributed by atoms with van der Waals surface area (Å²) in [7, 11) is 0. The van der Waals surface area contributed by atoms with Gasteiger partial charge in [-0.1, -0.05) is 23.7 Å². The molecule has 0 saturated carbocycles. The normalized spacial score (nSPS) is 11.0. The van der Waals surface area contributed by atoms with E-state index in [0.717, 1.165) is 16.6 Å². The van der Waals surface area contributed by atoms with Crippen LogP contribution in [0.4, 0.5) is 0 Å². The van der Waals surface area contributed by atoms with Gasteiger partial charge < -0.3 is 10.3 Å². The van der Waals surface area contributed by atoms with Gasteiger partial charge >= 0.3 is 0 Å². The van der Waals surface area contributed by atoms with Gasteiger partial charge in [-0.2, -0.15) is 0 Å². The summed E-state index contributed by atoms with van der Waals surface area (Å²) in [6, 6.07) is 9.55. The molecule has 106 valence electrons. The Morgan fingerprint density at radius 2 is 2.00 bits per heavy atom. The number of fused-ring (bicyclic) bond motifs is 1. The van der Waals surface area contributed by atoms with Crippen molar-refractivity contribution in [3.8, 4) is 0 Å². The predicted octanol–water partition coefficient (Wildman–Crippen LogP) is 3.15. The first-order valence-corrected chi connectivity index (χ1v) is 6.93. The van der Waals surface area contributed by atoms with Crippen molar-refractivity contribution in [1.82, 2.24) is 9.55 Å². The minimum absolute atomic E-state index is 0.447. The van der Waals surface area contributed by atoms with E-state index in [1.807, 2.05) is 41.8 Å². The van der Waals surface area contributed by atoms with Gasteiger partial charge in [0.25, 0.3) is 5.91 Å². The monoisotopic (exact) mass is 299 g/mol. The number of pyridine rings is 1. The molecule has 0 bridgehead atoms. The van der Waals surface area contributed by atoms with Crippen LogP contribution < -0.4 is 5.73 Å². The number of hydrogen-bond donors (Lipinski definition) is 1. The van der Waals surface area contributed by atoms with Gasteiger partial charge in [-0.15, -0.1) is 0 Å². The lowest BCUT2D eigenvalue weighted by Gasteiger charge is -2.07. The maximum absolute atomic E-state index is 11.6. The van der Waals surface area contributed by atoms with Gasteiger partial charge in [0.15, 0.2) is 0 Å². The number of carbonyl (C=O) groups excluding carboxylic acids is 1. The van der Waals surface area contributed by atoms with Gasteiger partial charge in [0, 0.05) is 24.0 Å². The Labute approximate surface area is 127 Å². The number of aromatic nitrogens is 2. The molecule has 1 aromatic carbocycles. The molecular weight excluding hydrogens is 286 g/mol. The highest BCUT2D eigenvalue weighted by atomic mass is 35.5. The van der Waals surface area contributed by atoms with Crippen LogP contribution in [0.1, 0.15) is 21.5 Å². The molecule has 2 heterocycles. The Bertz CT molecular complexity index is 821. The smallest absolute Gasteiger partial charge is 0.252 e. The Hall–Kier alpha value is -2.33. The third-order valence-corrected chi connectivity index (χ3v) is 3.74. The van der Waals surface area contributed by atoms with Crippen LogP contribution in [0.25, 0.3) is 11.0 Å². The molecular formula is C16H14ClN3O. The Morgan fingerprint density at radius 1 is 1.29 bits per heavy atom. The molecule has 3 rings (SSSR count). The first kappa shape index (κ1) is 13.6. The summed E-state index contributed by atoms with van der Waals surface area (Å²) in [5.41, 5.74) is 9.62. The Balaban J connectivity index is 2.13. The third kappa shape index (κ3) is 2.50. The summed E-state index contributed by atoms with van der Waals surface area (Å²) in [5, 5.41) is 0.701. The van der Waals surface area contributed by atoms with Gasteiger partial charge in [-0.25, -0.2) is 0 Å². The highest BCUT2D eigenvalue weighted by molar-refractivity contribution is 6.30. The Kier molecular flexibility index (Phi) is 3.39. The van der Waals surface area contributed by atoms with E-state index >= 15 is 0 Å². The predicted molar refractivity (Wildman–Crippen MR) is 83.5 cm³/mol. The highest BCUT2D eigenvalue weighted by Crippen LogP contribution is 2.23. The van der Waals surface area contributed by atoms with E-state index in [-0.39, 0.29) is 0 Å². The molecule has 0 spiro atoms. The van der Waals surface area contributed by atoms with Crippen molar-refractivity contribution in [3.05, 3.63) is 64.4 Å². The van der Waals surface area contributed by atoms with Crippen molar-refractivity contribution < 1.29 is 4.79 Å². The maximum atomic E-state index is 11.6. The fourth-order valence-corrected chi connectivity index (χ4v) is 2.61. The number of primary amides is 1. The molecule has 2 aromatic heterocycles. The molecule has 0 radical (unpaired) electrons. The van der Waals surface area contributed by atoms with Crippen LogP contribution in [0, 0.1) is 6.92 Å². The number of rotatable bonds is 3. The standard InChI is InChI=1S/C16H14ClN3O/c1-10-6-7-19-14-13(16(18)21)9-20(15(10)14)8-11-2-4-12(17)5-3-11/h2-7,9H,8H2,1H3,(H2,18,21). The first-order chi connectivity index (χ1) is 10.1. The van der Waals surface area contributed by atoms with Gasteiger partial charge in [0.1, 0.15) is 5.52 Å². The average Bonchev–Trinajstić information content (AvgIpc) is 2.82. The quantitative estimate of drug-likeness (QED) is 0.807. The van der Waals surface area contributed by atoms with E-state index in [1.165, 1.54) is 0 Å². The molecule has 0 unspecified atom stereocenters. The largest absolute Gasteiger partial charge is 0.365 e. The molecule has 0 atom stereocenters. The lowest BCUT2D eigenvalue weighted by atomic mass is 10.2. The van der Waals surface area contributed by atoms with Crippen LogP contribution in [0.15, 0.2) is 42.7 Å². The topological polar surface area (TPSA) is 60.9 Å². The van der Waals surface area contributed by atoms with Crippen LogP contribution in [-0.2, 0) is 6.54 Å². The van der Waals surface area contributed by atoms with E-state index in [9.17, 15) is 4.79 Å². The molecule has 1 amide bonds. The highest BCUT2D eigenvalue weighted by Gasteiger charge is 2.15. The number of benzene rings is 1. The van der Waals surface area contributed by atoms with Crippen LogP contribution in [0.2, 0.25) is 5.02 Å². The maximum Gasteiger partial charge on any atom is 0.252 e. The summed E-state index contributed by atoms with van der Waals surface area (Å²) in [6.07, 6.45) is 3.46. The molecule has 0 aliphatic carbocycles. The van der Waals surface area contributed by atoms with Crippen molar-refractivity contribution >= 4 is 28.5 Å². The number of hydrogen-bond acceptors (Lipinski definition) is 2. The van der Waals surface area contributed by atoms with Crippen molar-refractivity contribution in [2.24, 2.45) is 5.73 Å². The third-order valence-electron chi connectivity index (χ3n) is 3.48. The van der Waals surface area contributed by atoms with E-state index in [2.05, 4.69) is 4.98 Å². The molecule has 0 aliphatic rings. The summed E-state index contributed by atoms with van der Waals surface area (Å²) in [5.74, 6) is -0.465. The Morgan fingerprint density at radius 3 is 2.67 bits per heavy atom. The second-order valence-corrected chi connectivity index (χ2v) is 5.42. The van der Waals surface area contributed by atoms with E-state index in [0.29, 0.717) is 22.6 Å². The number of nitrogens with zero attached hydrogens (tertiary/aromatic N) is 2. The summed E-state index contributed by atoms with van der Waals surface area (Å²) >= 11 is 5.90. The van der Waals surface area contributed by atoms with E-state index in [1.54, 1.807) is 12.4 Å². The van der Waals surface area contributed by atoms with Crippen LogP contribution >= 0.6 is 11.6 Å². The van der Waals surface area contributed by atoms with Crippen molar-refractivity contribution in [2.75, 3.05) is 0 Å². The minimum Gasteiger partial charge on any atom is -0.365 e. The number of nitrogens with two attached hydrogens (primary N) is 1. The van der Waals surface area contributed by atoms with Gasteiger partial charge in [0.05, 0.1) is 11.1 Å². The van der Waals surface area contributed by atoms with E-state index < -0.39 is 5.91 Å². The zero-order chi connectivity index (χ0) is 15.0. The molecule has 4 nitrogen and oxygen atoms in total. The lowest BCUT2D eigenvalue weighted by Crippen LogP contribution is -2.10. The summed E-state index contributed by atoms with van der Waals surface area (Å²) < 4.78 is 2.00. The SMILES string of the molecule is Cc1ccnc2c(C(N)=O)cn(Cc3ccc(Cl)cc3)c12. The minimum atomic E-state index is -0.465. The number of halogens is 1. The molecule has 0 aliphatic heterocycles. The molecule has 3 aromatic rings. The molecule has 0 fully saturated rings. The number of aryl methyl sites for hydroxylation is 1. The van der Waals surface area contributed by atoms with Crippen LogP contribution in [0.5, 0.6) is 0 Å². The van der Waals surface area contributed by atoms with Crippen molar-refractivity contribution in [3.63, 3.8) is 0 Å². The molecule has 21 heavy (non-hydrogen) atoms. The fraction of sp³-hybridized carbons (Fsp3) is 0.125. The zero-order valence-electron chi connectivity index (χ0n) is 11.5. The summed E-state index contributed by atoms with van der Waals surface area (Å²) in [4.78, 5) is 15.9. The molecule has 0 saturated heterocycles. The van der Waals surface area contributed by atoms with Gasteiger partial charge in [-0.05, 0) is 36.2 Å². The van der Waals surface area contributed by atoms with Crippen molar-refractivity contribution in [1.29, 1.82) is 0 Å². The van der Waals surface area contributed by atoms with Crippen LogP contribution in [0.3, 0.4) is 0 Å². The van der Waals surface area contributed by atoms with Gasteiger partial charge in [0.2, 0.25) is 0 Å².